The number of benzene rings is 1. The molecular weight excluding hydrogens is 338 g/mol. The number of anilines is 2. The van der Waals surface area contributed by atoms with Gasteiger partial charge < -0.3 is 10.2 Å². The van der Waals surface area contributed by atoms with Crippen LogP contribution in [0.5, 0.6) is 0 Å². The minimum absolute atomic E-state index is 0.245. The van der Waals surface area contributed by atoms with Crippen LogP contribution in [0.15, 0.2) is 29.5 Å². The number of allylic oxidation sites excluding steroid dienone is 1. The third-order valence-corrected chi connectivity index (χ3v) is 4.69. The molecule has 2 N–H and O–H groups in total. The predicted octanol–water partition coefficient (Wildman–Crippen LogP) is 0.480. The number of nitrogens with zero attached hydrogens (tertiary/aromatic N) is 5. The lowest BCUT2D eigenvalue weighted by Gasteiger charge is -2.30. The molecule has 132 valence electrons. The molecule has 3 heterocycles. The lowest BCUT2D eigenvalue weighted by Crippen LogP contribution is -2.34. The fraction of sp³-hybridized carbons (Fsp3) is 0.250. The van der Waals surface area contributed by atoms with Gasteiger partial charge in [-0.2, -0.15) is 0 Å². The summed E-state index contributed by atoms with van der Waals surface area (Å²) < 4.78 is 1.57. The first-order valence-corrected chi connectivity index (χ1v) is 7.92. The lowest BCUT2D eigenvalue weighted by atomic mass is 10.0. The third-order valence-electron chi connectivity index (χ3n) is 4.69. The second-order valence-electron chi connectivity index (χ2n) is 6.16. The number of hydrogen-bond donors (Lipinski definition) is 2. The Labute approximate surface area is 147 Å². The van der Waals surface area contributed by atoms with Gasteiger partial charge in [-0.15, -0.1) is 0 Å². The maximum atomic E-state index is 12.9. The zero-order valence-electron chi connectivity index (χ0n) is 14.3. The third kappa shape index (κ3) is 2.19. The Morgan fingerprint density at radius 1 is 1.23 bits per heavy atom. The van der Waals surface area contributed by atoms with Crippen LogP contribution < -0.4 is 15.5 Å². The van der Waals surface area contributed by atoms with Crippen molar-refractivity contribution < 1.29 is 14.4 Å². The molecule has 2 aliphatic heterocycles. The van der Waals surface area contributed by atoms with E-state index in [1.165, 1.54) is 12.1 Å². The van der Waals surface area contributed by atoms with Crippen molar-refractivity contribution in [3.8, 4) is 0 Å². The van der Waals surface area contributed by atoms with Gasteiger partial charge in [-0.25, -0.2) is 4.68 Å². The van der Waals surface area contributed by atoms with Gasteiger partial charge in [-0.1, -0.05) is 5.10 Å². The first kappa shape index (κ1) is 15.9. The van der Waals surface area contributed by atoms with Gasteiger partial charge in [0.2, 0.25) is 5.95 Å². The number of carbonyl (C=O) groups is 3. The Bertz CT molecular complexity index is 1010. The van der Waals surface area contributed by atoms with Crippen LogP contribution >= 0.6 is 0 Å². The molecular formula is C16H15N7O3. The highest BCUT2D eigenvalue weighted by molar-refractivity contribution is 6.22. The number of aromatic nitrogens is 4. The van der Waals surface area contributed by atoms with Gasteiger partial charge in [-0.05, 0) is 42.5 Å². The molecule has 0 radical (unpaired) electrons. The maximum Gasteiger partial charge on any atom is 0.259 e. The smallest absolute Gasteiger partial charge is 0.259 e. The largest absolute Gasteiger partial charge is 0.322 e. The summed E-state index contributed by atoms with van der Waals surface area (Å²) in [6.45, 7) is 3.65. The van der Waals surface area contributed by atoms with E-state index in [1.807, 2.05) is 13.8 Å². The molecule has 26 heavy (non-hydrogen) atoms. The van der Waals surface area contributed by atoms with E-state index in [0.717, 1.165) is 5.70 Å². The van der Waals surface area contributed by atoms with Gasteiger partial charge in [0.05, 0.1) is 22.7 Å². The van der Waals surface area contributed by atoms with Crippen LogP contribution in [0.4, 0.5) is 11.6 Å². The first-order valence-electron chi connectivity index (χ1n) is 7.92. The van der Waals surface area contributed by atoms with Gasteiger partial charge in [0, 0.05) is 18.4 Å². The van der Waals surface area contributed by atoms with Crippen molar-refractivity contribution in [3.63, 3.8) is 0 Å². The molecule has 0 fully saturated rings. The average molecular weight is 353 g/mol. The van der Waals surface area contributed by atoms with E-state index in [1.54, 1.807) is 22.7 Å². The van der Waals surface area contributed by atoms with Gasteiger partial charge >= 0.3 is 0 Å². The number of rotatable bonds is 2. The Morgan fingerprint density at radius 3 is 2.73 bits per heavy atom. The molecule has 0 saturated heterocycles. The number of carbonyl (C=O) groups excluding carboxylic acids is 3. The summed E-state index contributed by atoms with van der Waals surface area (Å²) in [6, 6.07) is 4.24. The van der Waals surface area contributed by atoms with E-state index in [2.05, 4.69) is 26.2 Å². The number of hydrogen-bond acceptors (Lipinski definition) is 7. The summed E-state index contributed by atoms with van der Waals surface area (Å²) in [4.78, 5) is 38.0. The average Bonchev–Trinajstić information content (AvgIpc) is 3.19. The molecule has 2 aliphatic rings. The topological polar surface area (TPSA) is 122 Å². The zero-order valence-corrected chi connectivity index (χ0v) is 14.3. The molecule has 10 heteroatoms. The quantitative estimate of drug-likeness (QED) is 0.753. The van der Waals surface area contributed by atoms with Crippen molar-refractivity contribution in [1.82, 2.24) is 25.5 Å². The zero-order chi connectivity index (χ0) is 18.6. The molecule has 1 aromatic heterocycles. The molecule has 4 rings (SSSR count). The Kier molecular flexibility index (Phi) is 3.36. The van der Waals surface area contributed by atoms with Crippen molar-refractivity contribution in [2.75, 3.05) is 17.3 Å². The van der Waals surface area contributed by atoms with Crippen molar-refractivity contribution in [2.24, 2.45) is 0 Å². The molecule has 0 unspecified atom stereocenters. The SMILES string of the molecule is CC1=C(C(=O)Nc2ccc3c(c2)C(=O)NC3=O)[C@@H](C)n2nnnc2N1C. The van der Waals surface area contributed by atoms with E-state index >= 15 is 0 Å². The van der Waals surface area contributed by atoms with Crippen molar-refractivity contribution in [1.29, 1.82) is 0 Å². The van der Waals surface area contributed by atoms with Gasteiger partial charge in [0.15, 0.2) is 0 Å². The van der Waals surface area contributed by atoms with Crippen LogP contribution in [0.1, 0.15) is 40.6 Å². The van der Waals surface area contributed by atoms with Gasteiger partial charge in [0.1, 0.15) is 0 Å². The number of imide groups is 1. The van der Waals surface area contributed by atoms with E-state index in [-0.39, 0.29) is 17.5 Å². The Hall–Kier alpha value is -3.56. The monoisotopic (exact) mass is 353 g/mol. The van der Waals surface area contributed by atoms with Crippen LogP contribution in [0.25, 0.3) is 0 Å². The molecule has 10 nitrogen and oxygen atoms in total. The second kappa shape index (κ2) is 5.48. The minimum Gasteiger partial charge on any atom is -0.322 e. The van der Waals surface area contributed by atoms with Crippen molar-refractivity contribution >= 4 is 29.4 Å². The summed E-state index contributed by atoms with van der Waals surface area (Å²) >= 11 is 0. The molecule has 2 aromatic rings. The maximum absolute atomic E-state index is 12.9. The van der Waals surface area contributed by atoms with Gasteiger partial charge in [-0.3, -0.25) is 19.7 Å². The van der Waals surface area contributed by atoms with E-state index in [4.69, 9.17) is 0 Å². The Balaban J connectivity index is 1.65. The van der Waals surface area contributed by atoms with Crippen LogP contribution in [0.2, 0.25) is 0 Å². The van der Waals surface area contributed by atoms with Crippen LogP contribution in [0.3, 0.4) is 0 Å². The number of amides is 3. The highest BCUT2D eigenvalue weighted by Crippen LogP contribution is 2.32. The van der Waals surface area contributed by atoms with Crippen molar-refractivity contribution in [3.05, 3.63) is 40.6 Å². The standard InChI is InChI=1S/C16H15N7O3/c1-7-12(8(2)23-16(22(7)3)19-20-21-23)15(26)17-9-4-5-10-11(6-9)14(25)18-13(10)24/h4-6,8H,1-3H3,(H,17,26)(H,18,24,25)/t8-/m1/s1. The van der Waals surface area contributed by atoms with Crippen LogP contribution in [-0.4, -0.2) is 45.0 Å². The summed E-state index contributed by atoms with van der Waals surface area (Å²) in [5, 5.41) is 16.6. The molecule has 0 saturated carbocycles. The predicted molar refractivity (Wildman–Crippen MR) is 90.5 cm³/mol. The fourth-order valence-corrected chi connectivity index (χ4v) is 3.21. The highest BCUT2D eigenvalue weighted by Gasteiger charge is 2.33. The molecule has 0 spiro atoms. The number of tetrazole rings is 1. The van der Waals surface area contributed by atoms with Crippen LogP contribution in [0, 0.1) is 0 Å². The number of nitrogens with one attached hydrogen (secondary N) is 2. The summed E-state index contributed by atoms with van der Waals surface area (Å²) in [7, 11) is 1.78. The summed E-state index contributed by atoms with van der Waals surface area (Å²) in [5.41, 5.74) is 2.21. The first-order chi connectivity index (χ1) is 12.4. The molecule has 0 bridgehead atoms. The molecule has 1 atom stereocenters. The fourth-order valence-electron chi connectivity index (χ4n) is 3.21. The highest BCUT2D eigenvalue weighted by atomic mass is 16.2. The van der Waals surface area contributed by atoms with E-state index in [0.29, 0.717) is 22.8 Å². The van der Waals surface area contributed by atoms with Crippen molar-refractivity contribution in [2.45, 2.75) is 19.9 Å². The van der Waals surface area contributed by atoms with Gasteiger partial charge in [0.25, 0.3) is 17.7 Å². The molecule has 1 aromatic carbocycles. The lowest BCUT2D eigenvalue weighted by molar-refractivity contribution is -0.113. The number of fused-ring (bicyclic) bond motifs is 2. The van der Waals surface area contributed by atoms with E-state index < -0.39 is 11.8 Å². The summed E-state index contributed by atoms with van der Waals surface area (Å²) in [5.74, 6) is -0.678. The molecule has 3 amide bonds. The summed E-state index contributed by atoms with van der Waals surface area (Å²) in [6.07, 6.45) is 0. The van der Waals surface area contributed by atoms with E-state index in [9.17, 15) is 14.4 Å². The molecule has 0 aliphatic carbocycles. The Morgan fingerprint density at radius 2 is 1.96 bits per heavy atom. The van der Waals surface area contributed by atoms with Crippen LogP contribution in [-0.2, 0) is 4.79 Å². The normalized spacial score (nSPS) is 18.6. The second-order valence-corrected chi connectivity index (χ2v) is 6.16. The minimum atomic E-state index is -0.472.